The number of aromatic nitrogens is 1. The second kappa shape index (κ2) is 7.95. The molecule has 0 aliphatic carbocycles. The zero-order chi connectivity index (χ0) is 21.5. The van der Waals surface area contributed by atoms with Crippen molar-refractivity contribution in [2.75, 3.05) is 13.2 Å². The second-order valence-corrected chi connectivity index (χ2v) is 8.27. The normalized spacial score (nSPS) is 18.6. The lowest BCUT2D eigenvalue weighted by atomic mass is 9.88. The van der Waals surface area contributed by atoms with Gasteiger partial charge in [-0.2, -0.15) is 0 Å². The molecule has 1 amide bonds. The van der Waals surface area contributed by atoms with Crippen molar-refractivity contribution in [3.63, 3.8) is 0 Å². The van der Waals surface area contributed by atoms with Gasteiger partial charge in [-0.25, -0.2) is 0 Å². The maximum atomic E-state index is 13.2. The Morgan fingerprint density at radius 3 is 2.57 bits per heavy atom. The molecule has 3 aromatic rings. The molecule has 1 unspecified atom stereocenters. The summed E-state index contributed by atoms with van der Waals surface area (Å²) in [7, 11) is 1.81. The Hall–Kier alpha value is -2.54. The monoisotopic (exact) mass is 446 g/mol. The lowest BCUT2D eigenvalue weighted by Crippen LogP contribution is -2.47. The highest BCUT2D eigenvalue weighted by Crippen LogP contribution is 2.34. The number of aliphatic carboxylic acids is 1. The number of benzene rings is 2. The number of ether oxygens (including phenoxy) is 1. The summed E-state index contributed by atoms with van der Waals surface area (Å²) in [6.07, 6.45) is 0.572. The molecule has 8 heteroatoms. The van der Waals surface area contributed by atoms with Crippen molar-refractivity contribution in [2.24, 2.45) is 7.05 Å². The maximum absolute atomic E-state index is 13.2. The Balaban J connectivity index is 1.66. The van der Waals surface area contributed by atoms with E-state index in [1.54, 1.807) is 35.9 Å². The first-order valence-electron chi connectivity index (χ1n) is 9.46. The average molecular weight is 447 g/mol. The summed E-state index contributed by atoms with van der Waals surface area (Å²) >= 11 is 12.4. The molecule has 1 aliphatic rings. The topological polar surface area (TPSA) is 80.6 Å². The first-order valence-corrected chi connectivity index (χ1v) is 10.2. The second-order valence-electron chi connectivity index (χ2n) is 7.49. The van der Waals surface area contributed by atoms with Gasteiger partial charge in [-0.05, 0) is 29.3 Å². The number of hydrogen-bond donors (Lipinski definition) is 2. The summed E-state index contributed by atoms with van der Waals surface area (Å²) in [6.45, 7) is 0.862. The SMILES string of the molecule is Cn1c(C(=O)NC2(c3ccc(CC(=O)O)cc3)CCOC2)cc2c(Cl)c(Cl)ccc21. The summed E-state index contributed by atoms with van der Waals surface area (Å²) in [6, 6.07) is 12.5. The van der Waals surface area contributed by atoms with E-state index in [0.717, 1.165) is 11.1 Å². The molecule has 156 valence electrons. The standard InChI is InChI=1S/C22H20Cl2N2O4/c1-26-17-7-6-16(23)20(24)15(17)11-18(26)21(29)25-22(8-9-30-12-22)14-4-2-13(3-5-14)10-19(27)28/h2-7,11H,8-10,12H2,1H3,(H,25,29)(H,27,28). The number of fused-ring (bicyclic) bond motifs is 1. The molecule has 6 nitrogen and oxygen atoms in total. The van der Waals surface area contributed by atoms with Gasteiger partial charge in [-0.15, -0.1) is 0 Å². The van der Waals surface area contributed by atoms with Crippen LogP contribution in [0.5, 0.6) is 0 Å². The number of carbonyl (C=O) groups is 2. The van der Waals surface area contributed by atoms with Crippen LogP contribution in [0.25, 0.3) is 10.9 Å². The van der Waals surface area contributed by atoms with Crippen LogP contribution in [0.1, 0.15) is 28.0 Å². The molecule has 30 heavy (non-hydrogen) atoms. The minimum absolute atomic E-state index is 0.0462. The maximum Gasteiger partial charge on any atom is 0.307 e. The number of carbonyl (C=O) groups excluding carboxylic acids is 1. The molecule has 0 bridgehead atoms. The smallest absolute Gasteiger partial charge is 0.307 e. The van der Waals surface area contributed by atoms with Crippen molar-refractivity contribution in [3.8, 4) is 0 Å². The molecular formula is C22H20Cl2N2O4. The molecule has 0 radical (unpaired) electrons. The highest BCUT2D eigenvalue weighted by molar-refractivity contribution is 6.45. The van der Waals surface area contributed by atoms with E-state index in [2.05, 4.69) is 5.32 Å². The summed E-state index contributed by atoms with van der Waals surface area (Å²) < 4.78 is 7.40. The van der Waals surface area contributed by atoms with Crippen LogP contribution in [-0.2, 0) is 28.5 Å². The zero-order valence-electron chi connectivity index (χ0n) is 16.2. The lowest BCUT2D eigenvalue weighted by molar-refractivity contribution is -0.136. The van der Waals surface area contributed by atoms with Gasteiger partial charge in [0.1, 0.15) is 5.69 Å². The third kappa shape index (κ3) is 3.67. The third-order valence-corrected chi connectivity index (χ3v) is 6.40. The van der Waals surface area contributed by atoms with Gasteiger partial charge in [0, 0.05) is 31.0 Å². The molecule has 0 saturated carbocycles. The molecule has 2 N–H and O–H groups in total. The average Bonchev–Trinajstić information content (AvgIpc) is 3.31. The Labute approximate surface area is 183 Å². The van der Waals surface area contributed by atoms with Gasteiger partial charge in [0.15, 0.2) is 0 Å². The van der Waals surface area contributed by atoms with Crippen molar-refractivity contribution in [1.82, 2.24) is 9.88 Å². The van der Waals surface area contributed by atoms with Crippen molar-refractivity contribution >= 4 is 46.0 Å². The van der Waals surface area contributed by atoms with Gasteiger partial charge in [-0.3, -0.25) is 9.59 Å². The Morgan fingerprint density at radius 2 is 1.93 bits per heavy atom. The van der Waals surface area contributed by atoms with Gasteiger partial charge in [0.25, 0.3) is 5.91 Å². The minimum Gasteiger partial charge on any atom is -0.481 e. The molecule has 1 atom stereocenters. The van der Waals surface area contributed by atoms with Crippen molar-refractivity contribution in [1.29, 1.82) is 0 Å². The van der Waals surface area contributed by atoms with Crippen LogP contribution in [0.3, 0.4) is 0 Å². The van der Waals surface area contributed by atoms with Crippen molar-refractivity contribution < 1.29 is 19.4 Å². The lowest BCUT2D eigenvalue weighted by Gasteiger charge is -2.29. The van der Waals surface area contributed by atoms with Gasteiger partial charge in [0.2, 0.25) is 0 Å². The Kier molecular flexibility index (Phi) is 5.49. The van der Waals surface area contributed by atoms with Crippen LogP contribution in [0.15, 0.2) is 42.5 Å². The number of carboxylic acid groups (broad SMARTS) is 1. The summed E-state index contributed by atoms with van der Waals surface area (Å²) in [5.74, 6) is -1.13. The third-order valence-electron chi connectivity index (χ3n) is 5.58. The first-order chi connectivity index (χ1) is 14.3. The summed E-state index contributed by atoms with van der Waals surface area (Å²) in [5, 5.41) is 13.7. The van der Waals surface area contributed by atoms with Crippen LogP contribution in [0.2, 0.25) is 10.0 Å². The number of aryl methyl sites for hydroxylation is 1. The number of carboxylic acids is 1. The van der Waals surface area contributed by atoms with E-state index in [0.29, 0.717) is 46.3 Å². The molecule has 2 heterocycles. The highest BCUT2D eigenvalue weighted by atomic mass is 35.5. The fraction of sp³-hybridized carbons (Fsp3) is 0.273. The number of nitrogens with one attached hydrogen (secondary N) is 1. The van der Waals surface area contributed by atoms with E-state index in [-0.39, 0.29) is 12.3 Å². The number of nitrogens with zero attached hydrogens (tertiary/aromatic N) is 1. The minimum atomic E-state index is -0.885. The number of halogens is 2. The molecular weight excluding hydrogens is 427 g/mol. The van der Waals surface area contributed by atoms with E-state index in [1.807, 2.05) is 18.2 Å². The van der Waals surface area contributed by atoms with Crippen LogP contribution >= 0.6 is 23.2 Å². The first kappa shape index (κ1) is 20.7. The molecule has 1 aliphatic heterocycles. The fourth-order valence-corrected chi connectivity index (χ4v) is 4.31. The van der Waals surface area contributed by atoms with E-state index < -0.39 is 11.5 Å². The van der Waals surface area contributed by atoms with Crippen LogP contribution < -0.4 is 5.32 Å². The van der Waals surface area contributed by atoms with Crippen LogP contribution in [0, 0.1) is 0 Å². The van der Waals surface area contributed by atoms with Crippen LogP contribution in [-0.4, -0.2) is 34.8 Å². The molecule has 1 saturated heterocycles. The van der Waals surface area contributed by atoms with Crippen LogP contribution in [0.4, 0.5) is 0 Å². The van der Waals surface area contributed by atoms with Gasteiger partial charge < -0.3 is 19.7 Å². The van der Waals surface area contributed by atoms with Gasteiger partial charge in [0.05, 0.1) is 28.6 Å². The molecule has 4 rings (SSSR count). The molecule has 2 aromatic carbocycles. The number of hydrogen-bond acceptors (Lipinski definition) is 3. The molecule has 1 aromatic heterocycles. The van der Waals surface area contributed by atoms with Gasteiger partial charge >= 0.3 is 5.97 Å². The number of rotatable bonds is 5. The largest absolute Gasteiger partial charge is 0.481 e. The molecule has 0 spiro atoms. The van der Waals surface area contributed by atoms with Gasteiger partial charge in [-0.1, -0.05) is 47.5 Å². The summed E-state index contributed by atoms with van der Waals surface area (Å²) in [5.41, 5.74) is 2.16. The highest BCUT2D eigenvalue weighted by Gasteiger charge is 2.39. The fourth-order valence-electron chi connectivity index (χ4n) is 3.93. The summed E-state index contributed by atoms with van der Waals surface area (Å²) in [4.78, 5) is 24.2. The zero-order valence-corrected chi connectivity index (χ0v) is 17.8. The van der Waals surface area contributed by atoms with E-state index >= 15 is 0 Å². The quantitative estimate of drug-likeness (QED) is 0.616. The van der Waals surface area contributed by atoms with E-state index in [1.165, 1.54) is 0 Å². The number of amides is 1. The van der Waals surface area contributed by atoms with E-state index in [9.17, 15) is 9.59 Å². The van der Waals surface area contributed by atoms with E-state index in [4.69, 9.17) is 33.0 Å². The predicted octanol–water partition coefficient (Wildman–Crippen LogP) is 4.16. The van der Waals surface area contributed by atoms with Crippen molar-refractivity contribution in [2.45, 2.75) is 18.4 Å². The Morgan fingerprint density at radius 1 is 1.20 bits per heavy atom. The Bertz CT molecular complexity index is 1130. The van der Waals surface area contributed by atoms with Crippen molar-refractivity contribution in [3.05, 3.63) is 69.3 Å². The molecule has 1 fully saturated rings. The predicted molar refractivity (Wildman–Crippen MR) is 115 cm³/mol.